The van der Waals surface area contributed by atoms with Gasteiger partial charge < -0.3 is 19.4 Å². The van der Waals surface area contributed by atoms with Crippen LogP contribution in [0.2, 0.25) is 0 Å². The summed E-state index contributed by atoms with van der Waals surface area (Å²) in [7, 11) is 5.30. The summed E-state index contributed by atoms with van der Waals surface area (Å²) < 4.78 is 13.2. The smallest absolute Gasteiger partial charge is 0.415 e. The molecule has 5 rings (SSSR count). The molecule has 1 N–H and O–H groups in total. The maximum absolute atomic E-state index is 12.4. The lowest BCUT2D eigenvalue weighted by Gasteiger charge is -2.24. The normalized spacial score (nSPS) is 11.4. The number of rotatable bonds is 6. The van der Waals surface area contributed by atoms with Gasteiger partial charge in [-0.25, -0.2) is 19.7 Å². The number of aryl methyl sites for hydroxylation is 1. The van der Waals surface area contributed by atoms with Gasteiger partial charge in [0.05, 0.1) is 24.7 Å². The van der Waals surface area contributed by atoms with E-state index in [9.17, 15) is 4.79 Å². The number of hydrogen-bond acceptors (Lipinski definition) is 7. The molecule has 0 spiro atoms. The lowest BCUT2D eigenvalue weighted by molar-refractivity contribution is 0.0588. The molecule has 9 nitrogen and oxygen atoms in total. The molecular formula is C32H34N6O3. The molecule has 0 saturated carbocycles. The predicted octanol–water partition coefficient (Wildman–Crippen LogP) is 7.13. The Hall–Kier alpha value is -4.92. The van der Waals surface area contributed by atoms with Crippen LogP contribution in [0.5, 0.6) is 5.75 Å². The van der Waals surface area contributed by atoms with Gasteiger partial charge in [0.15, 0.2) is 0 Å². The Balaban J connectivity index is 1.37. The highest BCUT2D eigenvalue weighted by Gasteiger charge is 2.21. The molecule has 0 fully saturated rings. The zero-order chi connectivity index (χ0) is 29.3. The van der Waals surface area contributed by atoms with Crippen LogP contribution in [0.15, 0.2) is 73.2 Å². The fraction of sp³-hybridized carbons (Fsp3) is 0.250. The van der Waals surface area contributed by atoms with Crippen molar-refractivity contribution in [2.24, 2.45) is 7.05 Å². The van der Waals surface area contributed by atoms with Crippen LogP contribution in [0, 0.1) is 6.92 Å². The van der Waals surface area contributed by atoms with Gasteiger partial charge in [-0.2, -0.15) is 0 Å². The number of pyridine rings is 2. The molecule has 0 bridgehead atoms. The summed E-state index contributed by atoms with van der Waals surface area (Å²) >= 11 is 0. The lowest BCUT2D eigenvalue weighted by Crippen LogP contribution is -2.34. The zero-order valence-corrected chi connectivity index (χ0v) is 24.4. The van der Waals surface area contributed by atoms with Gasteiger partial charge in [-0.05, 0) is 75.0 Å². The maximum Gasteiger partial charge on any atom is 0.415 e. The topological polar surface area (TPSA) is 94.4 Å². The van der Waals surface area contributed by atoms with Gasteiger partial charge >= 0.3 is 6.09 Å². The van der Waals surface area contributed by atoms with Crippen LogP contribution in [0.4, 0.5) is 22.1 Å². The third-order valence-electron chi connectivity index (χ3n) is 6.79. The summed E-state index contributed by atoms with van der Waals surface area (Å²) in [6.45, 7) is 7.48. The molecule has 0 atom stereocenters. The first-order chi connectivity index (χ1) is 19.5. The number of nitrogens with zero attached hydrogens (tertiary/aromatic N) is 5. The van der Waals surface area contributed by atoms with Crippen molar-refractivity contribution in [3.8, 4) is 28.1 Å². The molecule has 3 aromatic heterocycles. The molecule has 3 heterocycles. The SMILES string of the molecule is COc1cc(-c2cnc(C)n2C)ccc1Nc1cc2cc(-c3ccc(N(C)C(=O)OC(C)(C)C)nc3)ccc2cn1. The molecule has 210 valence electrons. The summed E-state index contributed by atoms with van der Waals surface area (Å²) in [5, 5.41) is 5.44. The summed E-state index contributed by atoms with van der Waals surface area (Å²) in [5.41, 5.74) is 4.20. The van der Waals surface area contributed by atoms with E-state index >= 15 is 0 Å². The van der Waals surface area contributed by atoms with Crippen LogP contribution in [-0.4, -0.2) is 45.4 Å². The number of fused-ring (bicyclic) bond motifs is 1. The second-order valence-electron chi connectivity index (χ2n) is 10.9. The van der Waals surface area contributed by atoms with Crippen molar-refractivity contribution in [3.05, 3.63) is 79.0 Å². The monoisotopic (exact) mass is 550 g/mol. The van der Waals surface area contributed by atoms with Gasteiger partial charge in [0.2, 0.25) is 0 Å². The van der Waals surface area contributed by atoms with Crippen LogP contribution in [0.1, 0.15) is 26.6 Å². The van der Waals surface area contributed by atoms with Crippen molar-refractivity contribution in [1.82, 2.24) is 19.5 Å². The molecule has 0 aliphatic heterocycles. The highest BCUT2D eigenvalue weighted by atomic mass is 16.6. The summed E-state index contributed by atoms with van der Waals surface area (Å²) in [5.74, 6) is 2.86. The summed E-state index contributed by atoms with van der Waals surface area (Å²) in [4.78, 5) is 27.3. The van der Waals surface area contributed by atoms with Gasteiger partial charge in [-0.3, -0.25) is 4.90 Å². The predicted molar refractivity (Wildman–Crippen MR) is 163 cm³/mol. The Morgan fingerprint density at radius 2 is 1.63 bits per heavy atom. The molecule has 0 saturated heterocycles. The summed E-state index contributed by atoms with van der Waals surface area (Å²) in [6.07, 6.45) is 5.02. The van der Waals surface area contributed by atoms with Gasteiger partial charge in [-0.15, -0.1) is 0 Å². The van der Waals surface area contributed by atoms with E-state index < -0.39 is 11.7 Å². The number of amides is 1. The van der Waals surface area contributed by atoms with Crippen LogP contribution in [0.3, 0.4) is 0 Å². The van der Waals surface area contributed by atoms with E-state index in [0.29, 0.717) is 17.4 Å². The Morgan fingerprint density at radius 3 is 2.29 bits per heavy atom. The fourth-order valence-electron chi connectivity index (χ4n) is 4.43. The number of nitrogens with one attached hydrogen (secondary N) is 1. The Kier molecular flexibility index (Phi) is 7.36. The van der Waals surface area contributed by atoms with Gasteiger partial charge in [-0.1, -0.05) is 18.2 Å². The van der Waals surface area contributed by atoms with Crippen molar-refractivity contribution >= 4 is 34.2 Å². The van der Waals surface area contributed by atoms with E-state index in [1.165, 1.54) is 4.90 Å². The first-order valence-corrected chi connectivity index (χ1v) is 13.3. The van der Waals surface area contributed by atoms with E-state index in [0.717, 1.165) is 44.7 Å². The van der Waals surface area contributed by atoms with E-state index in [4.69, 9.17) is 9.47 Å². The van der Waals surface area contributed by atoms with Gasteiger partial charge in [0, 0.05) is 43.0 Å². The van der Waals surface area contributed by atoms with Crippen molar-refractivity contribution in [1.29, 1.82) is 0 Å². The molecule has 0 aliphatic carbocycles. The van der Waals surface area contributed by atoms with Crippen LogP contribution in [-0.2, 0) is 11.8 Å². The Morgan fingerprint density at radius 1 is 0.878 bits per heavy atom. The number of carbonyl (C=O) groups excluding carboxylic acids is 1. The van der Waals surface area contributed by atoms with Crippen molar-refractivity contribution in [3.63, 3.8) is 0 Å². The molecule has 0 radical (unpaired) electrons. The molecule has 5 aromatic rings. The minimum atomic E-state index is -0.577. The number of methoxy groups -OCH3 is 1. The van der Waals surface area contributed by atoms with E-state index in [1.54, 1.807) is 20.4 Å². The average Bonchev–Trinajstić information content (AvgIpc) is 3.29. The standard InChI is InChI=1S/C32H34N6O3/c1-20-33-19-27(37(20)5)22-10-12-26(28(15-22)40-7)36-29-16-25-14-21(8-9-24(25)17-34-29)23-11-13-30(35-18-23)38(6)31(39)41-32(2,3)4/h8-19H,1-7H3,(H,34,36). The van der Waals surface area contributed by atoms with E-state index in [-0.39, 0.29) is 0 Å². The van der Waals surface area contributed by atoms with Gasteiger partial charge in [0.1, 0.15) is 28.8 Å². The van der Waals surface area contributed by atoms with Crippen LogP contribution < -0.4 is 15.0 Å². The van der Waals surface area contributed by atoms with Crippen molar-refractivity contribution < 1.29 is 14.3 Å². The molecule has 9 heteroatoms. The largest absolute Gasteiger partial charge is 0.495 e. The van der Waals surface area contributed by atoms with Crippen molar-refractivity contribution in [2.75, 3.05) is 24.4 Å². The highest BCUT2D eigenvalue weighted by molar-refractivity contribution is 5.90. The Labute approximate surface area is 239 Å². The van der Waals surface area contributed by atoms with Crippen LogP contribution in [0.25, 0.3) is 33.2 Å². The third kappa shape index (κ3) is 5.99. The second kappa shape index (κ2) is 10.9. The number of imidazole rings is 1. The maximum atomic E-state index is 12.4. The first-order valence-electron chi connectivity index (χ1n) is 13.3. The number of aromatic nitrogens is 4. The second-order valence-corrected chi connectivity index (χ2v) is 10.9. The average molecular weight is 551 g/mol. The molecule has 41 heavy (non-hydrogen) atoms. The van der Waals surface area contributed by atoms with E-state index in [2.05, 4.69) is 26.3 Å². The highest BCUT2D eigenvalue weighted by Crippen LogP contribution is 2.33. The molecule has 2 aromatic carbocycles. The number of ether oxygens (including phenoxy) is 2. The third-order valence-corrected chi connectivity index (χ3v) is 6.79. The quantitative estimate of drug-likeness (QED) is 0.240. The summed E-state index contributed by atoms with van der Waals surface area (Å²) in [6, 6.07) is 18.0. The number of anilines is 3. The van der Waals surface area contributed by atoms with Gasteiger partial charge in [0.25, 0.3) is 0 Å². The van der Waals surface area contributed by atoms with E-state index in [1.807, 2.05) is 100 Å². The zero-order valence-electron chi connectivity index (χ0n) is 24.4. The minimum Gasteiger partial charge on any atom is -0.495 e. The number of benzene rings is 2. The molecular weight excluding hydrogens is 516 g/mol. The molecule has 0 unspecified atom stereocenters. The Bertz CT molecular complexity index is 1720. The van der Waals surface area contributed by atoms with Crippen molar-refractivity contribution in [2.45, 2.75) is 33.3 Å². The van der Waals surface area contributed by atoms with Crippen LogP contribution >= 0.6 is 0 Å². The number of hydrogen-bond donors (Lipinski definition) is 1. The minimum absolute atomic E-state index is 0.450. The fourth-order valence-corrected chi connectivity index (χ4v) is 4.43. The molecule has 0 aliphatic rings. The number of carbonyl (C=O) groups is 1. The molecule has 1 amide bonds. The first kappa shape index (κ1) is 27.6. The lowest BCUT2D eigenvalue weighted by atomic mass is 10.0.